The number of amides is 2. The minimum Gasteiger partial charge on any atom is -0.288 e. The van der Waals surface area contributed by atoms with Crippen molar-refractivity contribution in [3.63, 3.8) is 0 Å². The number of anilines is 1. The molecule has 0 aromatic heterocycles. The Morgan fingerprint density at radius 1 is 0.793 bits per heavy atom. The van der Waals surface area contributed by atoms with Crippen molar-refractivity contribution in [2.45, 2.75) is 18.0 Å². The van der Waals surface area contributed by atoms with E-state index in [4.69, 9.17) is 23.2 Å². The molecule has 0 fully saturated rings. The highest BCUT2D eigenvalue weighted by Gasteiger charge is 2.43. The van der Waals surface area contributed by atoms with Gasteiger partial charge < -0.3 is 0 Å². The number of sulfonamides is 1. The van der Waals surface area contributed by atoms with E-state index in [9.17, 15) is 13.2 Å². The summed E-state index contributed by atoms with van der Waals surface area (Å²) in [5, 5.41) is 0.238. The number of rotatable bonds is 4. The molecule has 2 amide bonds. The van der Waals surface area contributed by atoms with Gasteiger partial charge in [-0.2, -0.15) is 0 Å². The van der Waals surface area contributed by atoms with Crippen molar-refractivity contribution in [1.82, 2.24) is 4.31 Å². The summed E-state index contributed by atoms with van der Waals surface area (Å²) in [6.45, 7) is 0.0931. The summed E-state index contributed by atoms with van der Waals surface area (Å²) < 4.78 is 27.5. The fourth-order valence-electron chi connectivity index (χ4n) is 3.27. The molecule has 4 rings (SSSR count). The number of hydrogen-bond donors (Lipinski definition) is 0. The minimum absolute atomic E-state index is 0.0175. The van der Waals surface area contributed by atoms with Crippen molar-refractivity contribution >= 4 is 44.9 Å². The van der Waals surface area contributed by atoms with Gasteiger partial charge in [-0.3, -0.25) is 4.90 Å². The summed E-state index contributed by atoms with van der Waals surface area (Å²) in [6.07, 6.45) is 0. The van der Waals surface area contributed by atoms with Crippen LogP contribution in [-0.4, -0.2) is 18.8 Å². The molecule has 1 heterocycles. The minimum atomic E-state index is -4.15. The molecule has 0 aliphatic carbocycles. The number of carbonyl (C=O) groups is 1. The molecule has 0 bridgehead atoms. The lowest BCUT2D eigenvalue weighted by Crippen LogP contribution is -2.50. The van der Waals surface area contributed by atoms with Crippen LogP contribution in [0.15, 0.2) is 77.7 Å². The van der Waals surface area contributed by atoms with Crippen LogP contribution in [0.4, 0.5) is 10.5 Å². The van der Waals surface area contributed by atoms with E-state index in [1.165, 1.54) is 17.0 Å². The van der Waals surface area contributed by atoms with Crippen molar-refractivity contribution in [2.75, 3.05) is 4.90 Å². The molecule has 148 valence electrons. The summed E-state index contributed by atoms with van der Waals surface area (Å²) in [4.78, 5) is 14.6. The third-order valence-corrected chi connectivity index (χ3v) is 7.06. The van der Waals surface area contributed by atoms with E-state index in [0.29, 0.717) is 5.56 Å². The van der Waals surface area contributed by atoms with Crippen LogP contribution in [0.1, 0.15) is 11.1 Å². The molecule has 1 aliphatic heterocycles. The van der Waals surface area contributed by atoms with Gasteiger partial charge in [0.15, 0.2) is 0 Å². The molecular formula is C21H16Cl2N2O3S. The van der Waals surface area contributed by atoms with E-state index in [0.717, 1.165) is 9.87 Å². The van der Waals surface area contributed by atoms with Gasteiger partial charge in [-0.25, -0.2) is 17.5 Å². The van der Waals surface area contributed by atoms with Gasteiger partial charge in [0, 0.05) is 5.02 Å². The quantitative estimate of drug-likeness (QED) is 0.544. The fourth-order valence-corrected chi connectivity index (χ4v) is 5.63. The predicted molar refractivity (Wildman–Crippen MR) is 114 cm³/mol. The van der Waals surface area contributed by atoms with Crippen molar-refractivity contribution in [3.8, 4) is 0 Å². The molecule has 3 aromatic rings. The first kappa shape index (κ1) is 19.8. The largest absolute Gasteiger partial charge is 0.339 e. The molecule has 0 spiro atoms. The second kappa shape index (κ2) is 7.71. The molecule has 29 heavy (non-hydrogen) atoms. The maximum atomic E-state index is 13.3. The topological polar surface area (TPSA) is 57.7 Å². The van der Waals surface area contributed by atoms with Gasteiger partial charge in [0.1, 0.15) is 4.90 Å². The highest BCUT2D eigenvalue weighted by Crippen LogP contribution is 2.42. The summed E-state index contributed by atoms with van der Waals surface area (Å²) in [6, 6.07) is 20.4. The number of halogens is 2. The zero-order chi connectivity index (χ0) is 20.6. The van der Waals surface area contributed by atoms with Crippen LogP contribution in [-0.2, 0) is 23.1 Å². The molecule has 8 heteroatoms. The first-order valence-electron chi connectivity index (χ1n) is 8.79. The van der Waals surface area contributed by atoms with Gasteiger partial charge in [-0.15, -0.1) is 0 Å². The first-order valence-corrected chi connectivity index (χ1v) is 11.0. The van der Waals surface area contributed by atoms with E-state index < -0.39 is 16.1 Å². The second-order valence-corrected chi connectivity index (χ2v) is 9.23. The summed E-state index contributed by atoms with van der Waals surface area (Å²) >= 11 is 12.4. The summed E-state index contributed by atoms with van der Waals surface area (Å²) in [5.74, 6) is 0. The lowest BCUT2D eigenvalue weighted by Gasteiger charge is -2.37. The number of urea groups is 1. The SMILES string of the molecule is O=C1N(Cc2ccccc2)c2cc(Cl)cc(Cl)c2S(=O)(=O)N1Cc1ccccc1. The molecule has 5 nitrogen and oxygen atoms in total. The highest BCUT2D eigenvalue weighted by atomic mass is 35.5. The van der Waals surface area contributed by atoms with Crippen molar-refractivity contribution < 1.29 is 13.2 Å². The Balaban J connectivity index is 1.86. The Labute approximate surface area is 179 Å². The van der Waals surface area contributed by atoms with Gasteiger partial charge in [0.05, 0.1) is 23.8 Å². The summed E-state index contributed by atoms with van der Waals surface area (Å²) in [5.41, 5.74) is 1.72. The Kier molecular flexibility index (Phi) is 5.25. The highest BCUT2D eigenvalue weighted by molar-refractivity contribution is 7.90. The lowest BCUT2D eigenvalue weighted by atomic mass is 10.2. The monoisotopic (exact) mass is 446 g/mol. The number of fused-ring (bicyclic) bond motifs is 1. The number of nitrogens with zero attached hydrogens (tertiary/aromatic N) is 2. The van der Waals surface area contributed by atoms with E-state index in [1.54, 1.807) is 24.3 Å². The number of hydrogen-bond acceptors (Lipinski definition) is 3. The maximum absolute atomic E-state index is 13.3. The average molecular weight is 447 g/mol. The normalized spacial score (nSPS) is 15.3. The molecular weight excluding hydrogens is 431 g/mol. The average Bonchev–Trinajstić information content (AvgIpc) is 2.69. The molecule has 0 atom stereocenters. The third kappa shape index (κ3) is 3.71. The standard InChI is InChI=1S/C21H16Cl2N2O3S/c22-17-11-18(23)20-19(12-17)24(13-15-7-3-1-4-8-15)21(26)25(29(20,27)28)14-16-9-5-2-6-10-16/h1-12H,13-14H2. The number of benzene rings is 3. The zero-order valence-electron chi connectivity index (χ0n) is 15.1. The lowest BCUT2D eigenvalue weighted by molar-refractivity contribution is 0.226. The van der Waals surface area contributed by atoms with Crippen LogP contribution in [0.2, 0.25) is 10.0 Å². The van der Waals surface area contributed by atoms with Gasteiger partial charge in [0.25, 0.3) is 10.0 Å². The number of carbonyl (C=O) groups excluding carboxylic acids is 1. The van der Waals surface area contributed by atoms with E-state index in [1.807, 2.05) is 36.4 Å². The van der Waals surface area contributed by atoms with Crippen LogP contribution in [0.5, 0.6) is 0 Å². The zero-order valence-corrected chi connectivity index (χ0v) is 17.5. The fraction of sp³-hybridized carbons (Fsp3) is 0.0952. The summed E-state index contributed by atoms with van der Waals surface area (Å²) in [7, 11) is -4.15. The second-order valence-electron chi connectivity index (χ2n) is 6.59. The van der Waals surface area contributed by atoms with Crippen molar-refractivity contribution in [1.29, 1.82) is 0 Å². The Morgan fingerprint density at radius 3 is 1.93 bits per heavy atom. The van der Waals surface area contributed by atoms with E-state index >= 15 is 0 Å². The van der Waals surface area contributed by atoms with E-state index in [-0.39, 0.29) is 33.7 Å². The molecule has 1 aliphatic rings. The van der Waals surface area contributed by atoms with Gasteiger partial charge in [-0.1, -0.05) is 83.9 Å². The van der Waals surface area contributed by atoms with Gasteiger partial charge >= 0.3 is 6.03 Å². The Bertz CT molecular complexity index is 1170. The van der Waals surface area contributed by atoms with Crippen LogP contribution in [0, 0.1) is 0 Å². The predicted octanol–water partition coefficient (Wildman–Crippen LogP) is 5.32. The first-order chi connectivity index (χ1) is 13.9. The third-order valence-electron chi connectivity index (χ3n) is 4.62. The van der Waals surface area contributed by atoms with Gasteiger partial charge in [-0.05, 0) is 23.3 Å². The van der Waals surface area contributed by atoms with Crippen LogP contribution < -0.4 is 4.90 Å². The van der Waals surface area contributed by atoms with Crippen LogP contribution in [0.3, 0.4) is 0 Å². The molecule has 0 N–H and O–H groups in total. The van der Waals surface area contributed by atoms with Crippen molar-refractivity contribution in [2.24, 2.45) is 0 Å². The molecule has 0 saturated carbocycles. The smallest absolute Gasteiger partial charge is 0.288 e. The Morgan fingerprint density at radius 2 is 1.34 bits per heavy atom. The van der Waals surface area contributed by atoms with Crippen LogP contribution in [0.25, 0.3) is 0 Å². The van der Waals surface area contributed by atoms with Crippen LogP contribution >= 0.6 is 23.2 Å². The Hall–Kier alpha value is -2.54. The maximum Gasteiger partial charge on any atom is 0.339 e. The molecule has 0 radical (unpaired) electrons. The molecule has 0 unspecified atom stereocenters. The van der Waals surface area contributed by atoms with Gasteiger partial charge in [0.2, 0.25) is 0 Å². The molecule has 0 saturated heterocycles. The molecule has 3 aromatic carbocycles. The van der Waals surface area contributed by atoms with Crippen molar-refractivity contribution in [3.05, 3.63) is 94.0 Å². The van der Waals surface area contributed by atoms with E-state index in [2.05, 4.69) is 0 Å².